The fourth-order valence-electron chi connectivity index (χ4n) is 4.00. The highest BCUT2D eigenvalue weighted by atomic mass is 19.1. The van der Waals surface area contributed by atoms with Crippen LogP contribution in [-0.2, 0) is 9.59 Å². The van der Waals surface area contributed by atoms with E-state index in [0.717, 1.165) is 37.6 Å². The number of halogens is 2. The number of ketones is 1. The molecule has 1 aromatic carbocycles. The molecule has 5 nitrogen and oxygen atoms in total. The van der Waals surface area contributed by atoms with Gasteiger partial charge in [0, 0.05) is 44.9 Å². The molecule has 0 bridgehead atoms. The highest BCUT2D eigenvalue weighted by Gasteiger charge is 2.30. The molecule has 0 unspecified atom stereocenters. The fourth-order valence-corrected chi connectivity index (χ4v) is 4.00. The van der Waals surface area contributed by atoms with Crippen molar-refractivity contribution in [2.75, 3.05) is 26.2 Å². The molecule has 2 fully saturated rings. The van der Waals surface area contributed by atoms with Crippen molar-refractivity contribution in [2.24, 2.45) is 5.92 Å². The Balaban J connectivity index is 1.52. The van der Waals surface area contributed by atoms with Crippen molar-refractivity contribution in [3.63, 3.8) is 0 Å². The number of hydrogen-bond donors (Lipinski definition) is 0. The quantitative estimate of drug-likeness (QED) is 0.699. The molecule has 2 aliphatic rings. The highest BCUT2D eigenvalue weighted by molar-refractivity contribution is 5.98. The van der Waals surface area contributed by atoms with E-state index in [-0.39, 0.29) is 23.9 Å². The zero-order chi connectivity index (χ0) is 20.1. The largest absolute Gasteiger partial charge is 0.343 e. The maximum Gasteiger partial charge on any atom is 0.222 e. The van der Waals surface area contributed by atoms with E-state index in [1.165, 1.54) is 0 Å². The van der Waals surface area contributed by atoms with Crippen LogP contribution in [0.15, 0.2) is 18.2 Å². The molecule has 2 heterocycles. The van der Waals surface area contributed by atoms with Gasteiger partial charge in [0.1, 0.15) is 11.6 Å². The monoisotopic (exact) mass is 392 g/mol. The van der Waals surface area contributed by atoms with Gasteiger partial charge in [-0.3, -0.25) is 14.4 Å². The van der Waals surface area contributed by atoms with Crippen LogP contribution in [0.2, 0.25) is 0 Å². The molecule has 152 valence electrons. The number of rotatable bonds is 6. The number of benzene rings is 1. The molecule has 7 heteroatoms. The summed E-state index contributed by atoms with van der Waals surface area (Å²) in [5.41, 5.74) is -0.247. The smallest absolute Gasteiger partial charge is 0.222 e. The Hall–Kier alpha value is -2.31. The highest BCUT2D eigenvalue weighted by Crippen LogP contribution is 2.23. The molecule has 0 aromatic heterocycles. The summed E-state index contributed by atoms with van der Waals surface area (Å²) >= 11 is 0. The van der Waals surface area contributed by atoms with Gasteiger partial charge in [0.05, 0.1) is 5.56 Å². The molecule has 0 radical (unpaired) electrons. The minimum atomic E-state index is -0.735. The molecular weight excluding hydrogens is 366 g/mol. The molecule has 1 atom stereocenters. The summed E-state index contributed by atoms with van der Waals surface area (Å²) in [6.07, 6.45) is 4.65. The van der Waals surface area contributed by atoms with Gasteiger partial charge >= 0.3 is 0 Å². The Labute approximate surface area is 163 Å². The number of likely N-dealkylation sites (tertiary alicyclic amines) is 2. The summed E-state index contributed by atoms with van der Waals surface area (Å²) in [7, 11) is 0. The van der Waals surface area contributed by atoms with Gasteiger partial charge in [-0.25, -0.2) is 8.78 Å². The molecule has 28 heavy (non-hydrogen) atoms. The summed E-state index contributed by atoms with van der Waals surface area (Å²) in [6, 6.07) is 2.86. The molecular formula is C21H26F2N2O3. The normalized spacial score (nSPS) is 20.4. The molecule has 0 saturated carbocycles. The fraction of sp³-hybridized carbons (Fsp3) is 0.571. The van der Waals surface area contributed by atoms with E-state index in [0.29, 0.717) is 45.2 Å². The summed E-state index contributed by atoms with van der Waals surface area (Å²) in [6.45, 7) is 2.13. The van der Waals surface area contributed by atoms with E-state index in [9.17, 15) is 23.2 Å². The van der Waals surface area contributed by atoms with Crippen molar-refractivity contribution in [1.29, 1.82) is 0 Å². The predicted octanol–water partition coefficient (Wildman–Crippen LogP) is 3.18. The van der Waals surface area contributed by atoms with Gasteiger partial charge in [-0.2, -0.15) is 0 Å². The number of amides is 2. The van der Waals surface area contributed by atoms with Gasteiger partial charge in [-0.15, -0.1) is 0 Å². The number of carbonyl (C=O) groups is 3. The van der Waals surface area contributed by atoms with Crippen LogP contribution < -0.4 is 0 Å². The average molecular weight is 392 g/mol. The van der Waals surface area contributed by atoms with Gasteiger partial charge < -0.3 is 9.80 Å². The number of Topliss-reactive ketones (excluding diaryl/α,β-unsaturated/α-hetero) is 1. The molecule has 0 N–H and O–H groups in total. The van der Waals surface area contributed by atoms with Gasteiger partial charge in [0.25, 0.3) is 0 Å². The van der Waals surface area contributed by atoms with Crippen LogP contribution in [0, 0.1) is 17.6 Å². The van der Waals surface area contributed by atoms with Crippen LogP contribution in [-0.4, -0.2) is 53.6 Å². The van der Waals surface area contributed by atoms with Crippen molar-refractivity contribution >= 4 is 17.6 Å². The van der Waals surface area contributed by atoms with E-state index in [1.54, 1.807) is 4.90 Å². The van der Waals surface area contributed by atoms with Crippen molar-refractivity contribution in [3.8, 4) is 0 Å². The number of carbonyl (C=O) groups excluding carboxylic acids is 3. The van der Waals surface area contributed by atoms with Gasteiger partial charge in [0.2, 0.25) is 11.8 Å². The second-order valence-corrected chi connectivity index (χ2v) is 7.61. The predicted molar refractivity (Wildman–Crippen MR) is 99.7 cm³/mol. The second-order valence-electron chi connectivity index (χ2n) is 7.61. The Kier molecular flexibility index (Phi) is 6.75. The third-order valence-electron chi connectivity index (χ3n) is 5.58. The lowest BCUT2D eigenvalue weighted by Gasteiger charge is -2.32. The Morgan fingerprint density at radius 3 is 2.71 bits per heavy atom. The lowest BCUT2D eigenvalue weighted by atomic mass is 9.89. The van der Waals surface area contributed by atoms with E-state index in [4.69, 9.17) is 0 Å². The van der Waals surface area contributed by atoms with E-state index in [2.05, 4.69) is 0 Å². The Bertz CT molecular complexity index is 753. The first-order valence-corrected chi connectivity index (χ1v) is 10.0. The molecule has 2 amide bonds. The maximum atomic E-state index is 13.9. The van der Waals surface area contributed by atoms with Crippen molar-refractivity contribution in [2.45, 2.75) is 44.9 Å². The van der Waals surface area contributed by atoms with Crippen LogP contribution >= 0.6 is 0 Å². The lowest BCUT2D eigenvalue weighted by Crippen LogP contribution is -2.43. The summed E-state index contributed by atoms with van der Waals surface area (Å²) in [4.78, 5) is 40.4. The average Bonchev–Trinajstić information content (AvgIpc) is 2.70. The summed E-state index contributed by atoms with van der Waals surface area (Å²) < 4.78 is 27.3. The van der Waals surface area contributed by atoms with Crippen molar-refractivity contribution in [1.82, 2.24) is 9.80 Å². The lowest BCUT2D eigenvalue weighted by molar-refractivity contribution is -0.135. The van der Waals surface area contributed by atoms with E-state index < -0.39 is 23.3 Å². The Morgan fingerprint density at radius 1 is 1.11 bits per heavy atom. The third kappa shape index (κ3) is 4.94. The first-order valence-electron chi connectivity index (χ1n) is 10.0. The van der Waals surface area contributed by atoms with Crippen LogP contribution in [0.4, 0.5) is 8.78 Å². The van der Waals surface area contributed by atoms with Gasteiger partial charge in [-0.05, 0) is 50.3 Å². The first kappa shape index (κ1) is 20.4. The minimum absolute atomic E-state index is 0.0540. The third-order valence-corrected chi connectivity index (χ3v) is 5.58. The van der Waals surface area contributed by atoms with Crippen molar-refractivity contribution in [3.05, 3.63) is 35.4 Å². The van der Waals surface area contributed by atoms with Crippen LogP contribution in [0.1, 0.15) is 55.3 Å². The van der Waals surface area contributed by atoms with Crippen LogP contribution in [0.5, 0.6) is 0 Å². The van der Waals surface area contributed by atoms with E-state index >= 15 is 0 Å². The number of hydrogen-bond acceptors (Lipinski definition) is 3. The standard InChI is InChI=1S/C21H26F2N2O3/c22-16-8-9-18(23)17(13-16)21(28)15-5-3-12-25(14-15)20(27)7-4-11-24-10-2-1-6-19(24)26/h8-9,13,15H,1-7,10-12,14H2/t15-/m0/s1. The first-order chi connectivity index (χ1) is 13.5. The zero-order valence-corrected chi connectivity index (χ0v) is 16.0. The van der Waals surface area contributed by atoms with Crippen LogP contribution in [0.3, 0.4) is 0 Å². The maximum absolute atomic E-state index is 13.9. The van der Waals surface area contributed by atoms with Gasteiger partial charge in [0.15, 0.2) is 5.78 Å². The SMILES string of the molecule is O=C(c1cc(F)ccc1F)[C@H]1CCCN(C(=O)CCCN2CCCCC2=O)C1. The van der Waals surface area contributed by atoms with Crippen LogP contribution in [0.25, 0.3) is 0 Å². The molecule has 2 saturated heterocycles. The Morgan fingerprint density at radius 2 is 1.93 bits per heavy atom. The minimum Gasteiger partial charge on any atom is -0.343 e. The molecule has 1 aromatic rings. The number of nitrogens with zero attached hydrogens (tertiary/aromatic N) is 2. The van der Waals surface area contributed by atoms with Gasteiger partial charge in [-0.1, -0.05) is 0 Å². The zero-order valence-electron chi connectivity index (χ0n) is 16.0. The second kappa shape index (κ2) is 9.26. The van der Waals surface area contributed by atoms with Crippen molar-refractivity contribution < 1.29 is 23.2 Å². The summed E-state index contributed by atoms with van der Waals surface area (Å²) in [5.74, 6) is -2.26. The van der Waals surface area contributed by atoms with E-state index in [1.807, 2.05) is 4.90 Å². The molecule has 3 rings (SSSR count). The topological polar surface area (TPSA) is 57.7 Å². The molecule has 0 spiro atoms. The number of piperidine rings is 2. The summed E-state index contributed by atoms with van der Waals surface area (Å²) in [5, 5.41) is 0. The molecule has 2 aliphatic heterocycles. The molecule has 0 aliphatic carbocycles.